The average molecular weight is 179 g/mol. The Labute approximate surface area is 75.8 Å². The molecule has 0 aromatic heterocycles. The molecule has 0 fully saturated rings. The molecular weight excluding hydrogens is 173 g/mol. The lowest BCUT2D eigenvalue weighted by atomic mass is 9.80. The predicted octanol–water partition coefficient (Wildman–Crippen LogP) is 0.408. The van der Waals surface area contributed by atoms with Crippen LogP contribution < -0.4 is 5.46 Å². The van der Waals surface area contributed by atoms with Gasteiger partial charge in [-0.15, -0.1) is 0 Å². The van der Waals surface area contributed by atoms with Gasteiger partial charge in [0.25, 0.3) is 0 Å². The van der Waals surface area contributed by atoms with Crippen LogP contribution >= 0.6 is 12.2 Å². The number of isothiocyanates is 1. The minimum atomic E-state index is -1.07. The minimum Gasteiger partial charge on any atom is -0.419 e. The van der Waals surface area contributed by atoms with Crippen molar-refractivity contribution in [3.8, 4) is 0 Å². The summed E-state index contributed by atoms with van der Waals surface area (Å²) in [4.78, 5) is 0. The first-order valence-corrected chi connectivity index (χ1v) is 3.71. The van der Waals surface area contributed by atoms with Crippen molar-refractivity contribution in [2.45, 2.75) is 0 Å². The molecule has 0 unspecified atom stereocenters. The van der Waals surface area contributed by atoms with Gasteiger partial charge in [0.2, 0.25) is 0 Å². The molecule has 60 valence electrons. The molecule has 1 N–H and O–H groups in total. The lowest BCUT2D eigenvalue weighted by molar-refractivity contribution is 0.290. The fourth-order valence-corrected chi connectivity index (χ4v) is 0.793. The Morgan fingerprint density at radius 1 is 1.42 bits per heavy atom. The fraction of sp³-hybridized carbons (Fsp3) is 0. The van der Waals surface area contributed by atoms with Crippen LogP contribution in [0.5, 0.6) is 0 Å². The number of nitrogens with zero attached hydrogens (tertiary/aromatic N) is 1. The van der Waals surface area contributed by atoms with E-state index in [2.05, 4.69) is 22.1 Å². The second-order valence-electron chi connectivity index (χ2n) is 2.05. The van der Waals surface area contributed by atoms with Gasteiger partial charge in [-0.05, 0) is 22.8 Å². The highest BCUT2D eigenvalue weighted by molar-refractivity contribution is 7.78. The summed E-state index contributed by atoms with van der Waals surface area (Å²) in [5.41, 5.74) is 0.631. The summed E-state index contributed by atoms with van der Waals surface area (Å²) >= 11 is 4.27. The minimum absolute atomic E-state index is 0.631. The average Bonchev–Trinajstić information content (AvgIpc) is 2.15. The highest BCUT2D eigenvalue weighted by Crippen LogP contribution is 1.87. The predicted molar refractivity (Wildman–Crippen MR) is 50.2 cm³/mol. The Morgan fingerprint density at radius 2 is 2.08 bits per heavy atom. The fourth-order valence-electron chi connectivity index (χ4n) is 0.750. The van der Waals surface area contributed by atoms with Crippen molar-refractivity contribution < 1.29 is 9.78 Å². The first-order chi connectivity index (χ1) is 5.84. The molecule has 3 nitrogen and oxygen atoms in total. The van der Waals surface area contributed by atoms with Crippen molar-refractivity contribution >= 4 is 30.0 Å². The Morgan fingerprint density at radius 3 is 2.67 bits per heavy atom. The molecule has 0 spiro atoms. The third kappa shape index (κ3) is 2.47. The summed E-state index contributed by atoms with van der Waals surface area (Å²) in [6.45, 7) is 0. The molecule has 5 heteroatoms. The molecule has 1 aromatic rings. The first-order valence-electron chi connectivity index (χ1n) is 3.30. The first kappa shape index (κ1) is 8.94. The third-order valence-corrected chi connectivity index (χ3v) is 1.35. The van der Waals surface area contributed by atoms with Crippen molar-refractivity contribution in [1.29, 1.82) is 0 Å². The van der Waals surface area contributed by atoms with E-state index < -0.39 is 7.12 Å². The largest absolute Gasteiger partial charge is 0.584 e. The zero-order valence-electron chi connectivity index (χ0n) is 6.18. The van der Waals surface area contributed by atoms with E-state index in [9.17, 15) is 5.02 Å². The van der Waals surface area contributed by atoms with E-state index in [1.54, 1.807) is 24.3 Å². The molecule has 0 radical (unpaired) electrons. The van der Waals surface area contributed by atoms with E-state index in [0.717, 1.165) is 0 Å². The number of benzene rings is 1. The van der Waals surface area contributed by atoms with Gasteiger partial charge < -0.3 is 9.78 Å². The van der Waals surface area contributed by atoms with Crippen LogP contribution in [-0.2, 0) is 4.76 Å². The monoisotopic (exact) mass is 179 g/mol. The highest BCUT2D eigenvalue weighted by Gasteiger charge is 2.16. The van der Waals surface area contributed by atoms with Crippen molar-refractivity contribution in [2.24, 2.45) is 5.16 Å². The lowest BCUT2D eigenvalue weighted by Gasteiger charge is -2.00. The van der Waals surface area contributed by atoms with Crippen LogP contribution in [0.1, 0.15) is 0 Å². The summed E-state index contributed by atoms with van der Waals surface area (Å²) in [7, 11) is -1.07. The van der Waals surface area contributed by atoms with Crippen molar-refractivity contribution in [3.63, 3.8) is 0 Å². The summed E-state index contributed by atoms with van der Waals surface area (Å²) in [5, 5.41) is 14.4. The molecule has 0 heterocycles. The van der Waals surface area contributed by atoms with Gasteiger partial charge >= 0.3 is 7.12 Å². The van der Waals surface area contributed by atoms with Crippen LogP contribution in [0.15, 0.2) is 35.5 Å². The van der Waals surface area contributed by atoms with Crippen molar-refractivity contribution in [2.75, 3.05) is 0 Å². The van der Waals surface area contributed by atoms with E-state index in [4.69, 9.17) is 0 Å². The SMILES string of the molecule is OB(ON=C=S)c1ccccc1. The summed E-state index contributed by atoms with van der Waals surface area (Å²) < 4.78 is 4.54. The van der Waals surface area contributed by atoms with Crippen LogP contribution in [0.3, 0.4) is 0 Å². The highest BCUT2D eigenvalue weighted by atomic mass is 32.1. The molecule has 0 aliphatic rings. The van der Waals surface area contributed by atoms with Gasteiger partial charge in [0.05, 0.1) is 0 Å². The van der Waals surface area contributed by atoms with Gasteiger partial charge in [-0.1, -0.05) is 30.3 Å². The van der Waals surface area contributed by atoms with E-state index in [0.29, 0.717) is 5.46 Å². The van der Waals surface area contributed by atoms with E-state index in [1.165, 1.54) is 0 Å². The number of hydrogen-bond acceptors (Lipinski definition) is 4. The van der Waals surface area contributed by atoms with Gasteiger partial charge in [-0.25, -0.2) is 0 Å². The molecule has 0 amide bonds. The number of hydrogen-bond donors (Lipinski definition) is 1. The zero-order valence-corrected chi connectivity index (χ0v) is 6.99. The summed E-state index contributed by atoms with van der Waals surface area (Å²) in [6, 6.07) is 8.89. The van der Waals surface area contributed by atoms with Crippen molar-refractivity contribution in [1.82, 2.24) is 0 Å². The molecule has 0 aliphatic heterocycles. The van der Waals surface area contributed by atoms with Crippen molar-refractivity contribution in [3.05, 3.63) is 30.3 Å². The molecule has 0 saturated carbocycles. The maximum Gasteiger partial charge on any atom is 0.584 e. The molecule has 12 heavy (non-hydrogen) atoms. The van der Waals surface area contributed by atoms with Gasteiger partial charge in [0.15, 0.2) is 0 Å². The quantitative estimate of drug-likeness (QED) is 0.316. The molecule has 0 bridgehead atoms. The Bertz CT molecular complexity index is 287. The molecule has 0 aliphatic carbocycles. The second-order valence-corrected chi connectivity index (χ2v) is 2.23. The lowest BCUT2D eigenvalue weighted by Crippen LogP contribution is -2.31. The van der Waals surface area contributed by atoms with E-state index >= 15 is 0 Å². The maximum absolute atomic E-state index is 9.25. The topological polar surface area (TPSA) is 41.8 Å². The van der Waals surface area contributed by atoms with E-state index in [-0.39, 0.29) is 0 Å². The van der Waals surface area contributed by atoms with Gasteiger partial charge in [-0.3, -0.25) is 0 Å². The molecule has 0 saturated heterocycles. The van der Waals surface area contributed by atoms with Crippen LogP contribution in [0.25, 0.3) is 0 Å². The van der Waals surface area contributed by atoms with Crippen LogP contribution in [0.2, 0.25) is 0 Å². The standard InChI is InChI=1S/C7H6BNO2S/c10-8(11-9-6-12)7-4-2-1-3-5-7/h1-5,10H. The zero-order chi connectivity index (χ0) is 8.81. The van der Waals surface area contributed by atoms with Gasteiger partial charge in [0, 0.05) is 0 Å². The van der Waals surface area contributed by atoms with Crippen LogP contribution in [0.4, 0.5) is 0 Å². The summed E-state index contributed by atoms with van der Waals surface area (Å²) in [5.74, 6) is 0. The maximum atomic E-state index is 9.25. The summed E-state index contributed by atoms with van der Waals surface area (Å²) in [6.07, 6.45) is 0. The molecular formula is C7H6BNO2S. The Kier molecular flexibility index (Phi) is 3.48. The third-order valence-electron chi connectivity index (χ3n) is 1.27. The van der Waals surface area contributed by atoms with Gasteiger partial charge in [0.1, 0.15) is 5.16 Å². The number of thiocarbonyl (C=S) groups is 1. The molecule has 0 atom stereocenters. The second kappa shape index (κ2) is 4.67. The Balaban J connectivity index is 2.65. The van der Waals surface area contributed by atoms with Gasteiger partial charge in [-0.2, -0.15) is 0 Å². The smallest absolute Gasteiger partial charge is 0.419 e. The van der Waals surface area contributed by atoms with Crippen LogP contribution in [0, 0.1) is 0 Å². The van der Waals surface area contributed by atoms with Crippen LogP contribution in [-0.4, -0.2) is 17.3 Å². The Hall–Kier alpha value is -1.16. The number of rotatable bonds is 3. The normalized spacial score (nSPS) is 8.42. The molecule has 1 aromatic carbocycles. The molecule has 1 rings (SSSR count). The van der Waals surface area contributed by atoms with E-state index in [1.807, 2.05) is 11.2 Å².